The van der Waals surface area contributed by atoms with Gasteiger partial charge in [0.15, 0.2) is 5.70 Å². The number of fused-ring (bicyclic) bond motifs is 3. The van der Waals surface area contributed by atoms with E-state index in [1.165, 1.54) is 0 Å². The number of benzene rings is 2. The Kier molecular flexibility index (Phi) is 4.74. The summed E-state index contributed by atoms with van der Waals surface area (Å²) in [7, 11) is 1.91. The molecule has 138 valence electrons. The van der Waals surface area contributed by atoms with Gasteiger partial charge in [-0.3, -0.25) is 0 Å². The molecule has 0 aliphatic carbocycles. The second kappa shape index (κ2) is 7.05. The summed E-state index contributed by atoms with van der Waals surface area (Å²) in [6, 6.07) is 11.0. The highest BCUT2D eigenvalue weighted by Crippen LogP contribution is 2.47. The molecule has 2 aromatic rings. The largest absolute Gasteiger partial charge is 0.493 e. The summed E-state index contributed by atoms with van der Waals surface area (Å²) >= 11 is 12.6. The van der Waals surface area contributed by atoms with Crippen LogP contribution >= 0.6 is 23.2 Å². The average Bonchev–Trinajstić information content (AvgIpc) is 3.01. The Balaban J connectivity index is 1.83. The molecule has 0 amide bonds. The van der Waals surface area contributed by atoms with Crippen LogP contribution in [-0.2, 0) is 0 Å². The topological polar surface area (TPSA) is 66.5 Å². The van der Waals surface area contributed by atoms with Gasteiger partial charge in [-0.2, -0.15) is 0 Å². The summed E-state index contributed by atoms with van der Waals surface area (Å²) in [6.07, 6.45) is 2.28. The Morgan fingerprint density at radius 3 is 2.78 bits per heavy atom. The lowest BCUT2D eigenvalue weighted by Crippen LogP contribution is -2.34. The van der Waals surface area contributed by atoms with Crippen LogP contribution in [0, 0.1) is 0 Å². The Morgan fingerprint density at radius 2 is 1.96 bits per heavy atom. The summed E-state index contributed by atoms with van der Waals surface area (Å²) < 4.78 is 5.79. The Morgan fingerprint density at radius 1 is 1.11 bits per heavy atom. The third-order valence-corrected chi connectivity index (χ3v) is 4.97. The Labute approximate surface area is 166 Å². The van der Waals surface area contributed by atoms with Gasteiger partial charge in [0, 0.05) is 28.8 Å². The molecule has 8 heteroatoms. The van der Waals surface area contributed by atoms with Crippen LogP contribution in [-0.4, -0.2) is 36.3 Å². The van der Waals surface area contributed by atoms with E-state index in [1.54, 1.807) is 18.5 Å². The summed E-state index contributed by atoms with van der Waals surface area (Å²) in [6.45, 7) is 0.505. The minimum Gasteiger partial charge on any atom is -0.493 e. The van der Waals surface area contributed by atoms with E-state index in [0.29, 0.717) is 34.5 Å². The zero-order chi connectivity index (χ0) is 19.0. The zero-order valence-corrected chi connectivity index (χ0v) is 16.1. The first kappa shape index (κ1) is 18.1. The molecule has 1 atom stereocenters. The van der Waals surface area contributed by atoms with E-state index in [4.69, 9.17) is 33.0 Å². The van der Waals surface area contributed by atoms with Gasteiger partial charge in [0.05, 0.1) is 22.9 Å². The van der Waals surface area contributed by atoms with Gasteiger partial charge >= 0.3 is 0 Å². The lowest BCUT2D eigenvalue weighted by Gasteiger charge is -2.24. The molecule has 2 heterocycles. The van der Waals surface area contributed by atoms with Gasteiger partial charge in [0.25, 0.3) is 0 Å². The molecule has 0 saturated carbocycles. The first-order chi connectivity index (χ1) is 13.0. The lowest BCUT2D eigenvalue weighted by atomic mass is 10.0. The highest BCUT2D eigenvalue weighted by molar-refractivity contribution is 6.33. The second-order valence-electron chi connectivity index (χ2n) is 6.39. The second-order valence-corrected chi connectivity index (χ2v) is 7.23. The highest BCUT2D eigenvalue weighted by atomic mass is 35.5. The van der Waals surface area contributed by atoms with Crippen molar-refractivity contribution in [3.63, 3.8) is 0 Å². The van der Waals surface area contributed by atoms with E-state index in [2.05, 4.69) is 15.3 Å². The van der Waals surface area contributed by atoms with Gasteiger partial charge in [-0.15, -0.1) is 4.59 Å². The molecule has 1 unspecified atom stereocenters. The standard InChI is InChI=1S/C19H17Cl2N4O2/c1-25-11-22-17-9-12(20)3-5-14(17)19(25)18(23-24-25)15-10-13(4-6-16(15)21)27-8-2-7-26/h3-6,9-11,26H,2,7-8H2,1H3/q+1. The molecule has 2 aliphatic rings. The summed E-state index contributed by atoms with van der Waals surface area (Å²) in [4.78, 5) is 4.48. The molecular formula is C19H17Cl2N4O2+. The van der Waals surface area contributed by atoms with Crippen LogP contribution in [0.1, 0.15) is 17.5 Å². The molecule has 27 heavy (non-hydrogen) atoms. The third-order valence-electron chi connectivity index (χ3n) is 4.41. The van der Waals surface area contributed by atoms with Crippen molar-refractivity contribution >= 4 is 46.6 Å². The van der Waals surface area contributed by atoms with Crippen LogP contribution in [0.25, 0.3) is 11.4 Å². The highest BCUT2D eigenvalue weighted by Gasteiger charge is 2.42. The molecular weight excluding hydrogens is 387 g/mol. The van der Waals surface area contributed by atoms with Gasteiger partial charge in [-0.1, -0.05) is 28.3 Å². The SMILES string of the molecule is C[N+]12C=Nc3cc(Cl)ccc3C1=C(c1cc(OCCCO)ccc1Cl)N=N2. The van der Waals surface area contributed by atoms with E-state index in [0.717, 1.165) is 22.5 Å². The van der Waals surface area contributed by atoms with Gasteiger partial charge in [-0.25, -0.2) is 4.99 Å². The maximum Gasteiger partial charge on any atom is 0.223 e. The fourth-order valence-corrected chi connectivity index (χ4v) is 3.47. The van der Waals surface area contributed by atoms with Crippen molar-refractivity contribution in [2.24, 2.45) is 15.3 Å². The minimum atomic E-state index is 0.0818. The quantitative estimate of drug-likeness (QED) is 0.558. The van der Waals surface area contributed by atoms with Crippen LogP contribution < -0.4 is 4.74 Å². The first-order valence-electron chi connectivity index (χ1n) is 8.45. The van der Waals surface area contributed by atoms with Crippen LogP contribution in [0.4, 0.5) is 5.69 Å². The molecule has 0 saturated heterocycles. The van der Waals surface area contributed by atoms with Crippen molar-refractivity contribution in [2.75, 3.05) is 20.3 Å². The van der Waals surface area contributed by atoms with Gasteiger partial charge in [0.2, 0.25) is 12.0 Å². The third kappa shape index (κ3) is 3.26. The van der Waals surface area contributed by atoms with Crippen molar-refractivity contribution in [1.29, 1.82) is 0 Å². The number of quaternary nitrogens is 1. The van der Waals surface area contributed by atoms with Crippen LogP contribution in [0.5, 0.6) is 5.75 Å². The summed E-state index contributed by atoms with van der Waals surface area (Å²) in [5.74, 6) is 0.660. The molecule has 2 aromatic carbocycles. The molecule has 0 bridgehead atoms. The van der Waals surface area contributed by atoms with Gasteiger partial charge < -0.3 is 9.84 Å². The molecule has 0 fully saturated rings. The van der Waals surface area contributed by atoms with Crippen molar-refractivity contribution < 1.29 is 14.4 Å². The van der Waals surface area contributed by atoms with E-state index >= 15 is 0 Å². The number of aliphatic hydroxyl groups is 1. The normalized spacial score (nSPS) is 20.0. The zero-order valence-electron chi connectivity index (χ0n) is 14.6. The molecule has 2 aliphatic heterocycles. The average molecular weight is 404 g/mol. The smallest absolute Gasteiger partial charge is 0.223 e. The fraction of sp³-hybridized carbons (Fsp3) is 0.211. The number of halogens is 2. The van der Waals surface area contributed by atoms with E-state index in [1.807, 2.05) is 31.3 Å². The molecule has 0 aromatic heterocycles. The molecule has 0 radical (unpaired) electrons. The molecule has 1 N–H and O–H groups in total. The number of aliphatic hydroxyl groups excluding tert-OH is 1. The van der Waals surface area contributed by atoms with E-state index < -0.39 is 0 Å². The van der Waals surface area contributed by atoms with Crippen LogP contribution in [0.15, 0.2) is 51.7 Å². The Hall–Kier alpha value is -2.25. The molecule has 0 spiro atoms. The fourth-order valence-electron chi connectivity index (χ4n) is 3.09. The monoisotopic (exact) mass is 403 g/mol. The minimum absolute atomic E-state index is 0.0818. The maximum absolute atomic E-state index is 8.93. The van der Waals surface area contributed by atoms with Gasteiger partial charge in [0.1, 0.15) is 12.8 Å². The predicted octanol–water partition coefficient (Wildman–Crippen LogP) is 5.08. The van der Waals surface area contributed by atoms with Crippen LogP contribution in [0.2, 0.25) is 10.0 Å². The number of hydrogen-bond donors (Lipinski definition) is 1. The van der Waals surface area contributed by atoms with Crippen molar-refractivity contribution in [1.82, 2.24) is 0 Å². The number of rotatable bonds is 5. The Bertz CT molecular complexity index is 1000. The van der Waals surface area contributed by atoms with E-state index in [-0.39, 0.29) is 11.2 Å². The lowest BCUT2D eigenvalue weighted by molar-refractivity contribution is -0.746. The van der Waals surface area contributed by atoms with E-state index in [9.17, 15) is 0 Å². The molecule has 4 rings (SSSR count). The molecule has 6 nitrogen and oxygen atoms in total. The first-order valence-corrected chi connectivity index (χ1v) is 9.20. The van der Waals surface area contributed by atoms with Crippen molar-refractivity contribution in [2.45, 2.75) is 6.42 Å². The maximum atomic E-state index is 8.93. The number of ether oxygens (including phenoxy) is 1. The number of hydrogen-bond acceptors (Lipinski definition) is 5. The number of aliphatic imine (C=N–C) groups is 1. The van der Waals surface area contributed by atoms with Crippen molar-refractivity contribution in [3.05, 3.63) is 57.6 Å². The summed E-state index contributed by atoms with van der Waals surface area (Å²) in [5, 5.41) is 18.9. The van der Waals surface area contributed by atoms with Crippen molar-refractivity contribution in [3.8, 4) is 5.75 Å². The summed E-state index contributed by atoms with van der Waals surface area (Å²) in [5.41, 5.74) is 3.96. The number of nitrogens with zero attached hydrogens (tertiary/aromatic N) is 4. The van der Waals surface area contributed by atoms with Gasteiger partial charge in [-0.05, 0) is 36.4 Å². The predicted molar refractivity (Wildman–Crippen MR) is 106 cm³/mol. The van der Waals surface area contributed by atoms with Crippen LogP contribution in [0.3, 0.4) is 0 Å².